The Morgan fingerprint density at radius 1 is 0.833 bits per heavy atom. The van der Waals surface area contributed by atoms with Crippen molar-refractivity contribution in [1.82, 2.24) is 10.6 Å². The maximum Gasteiger partial charge on any atom is 0.305 e. The summed E-state index contributed by atoms with van der Waals surface area (Å²) in [5.41, 5.74) is -0.902. The number of aliphatic carboxylic acids is 1. The summed E-state index contributed by atoms with van der Waals surface area (Å²) in [6, 6.07) is 28.3. The Balaban J connectivity index is 1.36. The molecule has 0 aromatic heterocycles. The maximum atomic E-state index is 14.0. The topological polar surface area (TPSA) is 153 Å². The van der Waals surface area contributed by atoms with Crippen LogP contribution in [0.2, 0.25) is 0 Å². The molecule has 3 N–H and O–H groups in total. The minimum absolute atomic E-state index is 0.0984. The number of rotatable bonds is 15. The zero-order valence-electron chi connectivity index (χ0n) is 26.6. The van der Waals surface area contributed by atoms with Gasteiger partial charge in [-0.1, -0.05) is 91.8 Å². The van der Waals surface area contributed by atoms with Gasteiger partial charge in [-0.25, -0.2) is 0 Å². The Morgan fingerprint density at radius 3 is 2.12 bits per heavy atom. The Kier molecular flexibility index (Phi) is 10.7. The molecule has 5 rings (SSSR count). The van der Waals surface area contributed by atoms with E-state index in [0.29, 0.717) is 22.8 Å². The molecule has 0 radical (unpaired) electrons. The lowest BCUT2D eigenvalue weighted by molar-refractivity contribution is -0.151. The van der Waals surface area contributed by atoms with Crippen LogP contribution in [-0.4, -0.2) is 65.3 Å². The standard InChI is InChI=1S/C37H37N3O8/c1-24(2)34(39-35(44)29-19-11-13-25-12-9-10-18-28(25)29)31-21-37(48-40-31,23-47-27-16-7-4-8-17-27)36(45)38-30(20-33(42)43)32(41)22-46-26-14-5-3-6-15-26/h3-19,24,30,34H,20-23H2,1-2H3,(H,38,45)(H,39,44)(H,42,43)/t30-,34-,37?/m0/s1. The first-order valence-electron chi connectivity index (χ1n) is 15.6. The summed E-state index contributed by atoms with van der Waals surface area (Å²) in [6.07, 6.45) is -0.777. The maximum absolute atomic E-state index is 14.0. The number of Topliss-reactive ketones (excluding diaryl/α,β-unsaturated/α-hetero) is 1. The molecule has 1 aliphatic heterocycles. The highest BCUT2D eigenvalue weighted by molar-refractivity contribution is 6.09. The van der Waals surface area contributed by atoms with Gasteiger partial charge in [0.25, 0.3) is 17.4 Å². The Labute approximate surface area is 277 Å². The molecule has 4 aromatic carbocycles. The molecule has 0 saturated carbocycles. The lowest BCUT2D eigenvalue weighted by Gasteiger charge is -2.28. The number of nitrogens with zero attached hydrogens (tertiary/aromatic N) is 1. The van der Waals surface area contributed by atoms with E-state index in [1.54, 1.807) is 60.7 Å². The van der Waals surface area contributed by atoms with Crippen molar-refractivity contribution in [2.24, 2.45) is 11.1 Å². The molecule has 0 fully saturated rings. The number of amides is 2. The van der Waals surface area contributed by atoms with E-state index in [4.69, 9.17) is 14.3 Å². The predicted molar refractivity (Wildman–Crippen MR) is 179 cm³/mol. The van der Waals surface area contributed by atoms with Crippen LogP contribution in [0.25, 0.3) is 10.8 Å². The van der Waals surface area contributed by atoms with Crippen molar-refractivity contribution < 1.29 is 38.6 Å². The molecule has 11 nitrogen and oxygen atoms in total. The van der Waals surface area contributed by atoms with E-state index in [0.717, 1.165) is 10.8 Å². The summed E-state index contributed by atoms with van der Waals surface area (Å²) in [4.78, 5) is 58.4. The van der Waals surface area contributed by atoms with Gasteiger partial charge in [-0.05, 0) is 47.0 Å². The van der Waals surface area contributed by atoms with Gasteiger partial charge in [0.05, 0.1) is 18.2 Å². The number of para-hydroxylation sites is 2. The second kappa shape index (κ2) is 15.3. The highest BCUT2D eigenvalue weighted by Gasteiger charge is 2.50. The monoisotopic (exact) mass is 651 g/mol. The van der Waals surface area contributed by atoms with Crippen LogP contribution in [0.15, 0.2) is 108 Å². The zero-order valence-corrected chi connectivity index (χ0v) is 26.6. The van der Waals surface area contributed by atoms with E-state index in [1.807, 2.05) is 56.3 Å². The Bertz CT molecular complexity index is 1790. The third kappa shape index (κ3) is 8.16. The molecule has 0 saturated heterocycles. The van der Waals surface area contributed by atoms with Crippen LogP contribution >= 0.6 is 0 Å². The first kappa shape index (κ1) is 33.6. The number of carboxylic acids is 1. The Morgan fingerprint density at radius 2 is 1.46 bits per heavy atom. The summed E-state index contributed by atoms with van der Waals surface area (Å²) in [6.45, 7) is 3.04. The molecule has 1 unspecified atom stereocenters. The first-order chi connectivity index (χ1) is 23.1. The van der Waals surface area contributed by atoms with Crippen LogP contribution in [0.1, 0.15) is 37.0 Å². The molecule has 1 aliphatic rings. The number of carbonyl (C=O) groups is 4. The van der Waals surface area contributed by atoms with Crippen molar-refractivity contribution in [3.8, 4) is 11.5 Å². The number of carboxylic acid groups (broad SMARTS) is 1. The van der Waals surface area contributed by atoms with Crippen LogP contribution in [0.3, 0.4) is 0 Å². The van der Waals surface area contributed by atoms with Gasteiger partial charge in [0.2, 0.25) is 0 Å². The fourth-order valence-electron chi connectivity index (χ4n) is 5.41. The summed E-state index contributed by atoms with van der Waals surface area (Å²) in [5, 5.41) is 21.2. The van der Waals surface area contributed by atoms with Crippen LogP contribution in [0.5, 0.6) is 11.5 Å². The van der Waals surface area contributed by atoms with Gasteiger partial charge >= 0.3 is 5.97 Å². The van der Waals surface area contributed by atoms with Crippen molar-refractivity contribution in [2.45, 2.75) is 44.4 Å². The summed E-state index contributed by atoms with van der Waals surface area (Å²) in [7, 11) is 0. The van der Waals surface area contributed by atoms with Crippen molar-refractivity contribution in [3.63, 3.8) is 0 Å². The molecule has 1 heterocycles. The second-order valence-electron chi connectivity index (χ2n) is 11.9. The SMILES string of the molecule is CC(C)[C@H](NC(=O)c1cccc2ccccc12)C1=NOC(COc2ccccc2)(C(=O)N[C@@H](CC(=O)O)C(=O)COc2ccccc2)C1. The third-order valence-corrected chi connectivity index (χ3v) is 7.98. The van der Waals surface area contributed by atoms with Gasteiger partial charge in [0, 0.05) is 12.0 Å². The molecule has 0 bridgehead atoms. The number of fused-ring (bicyclic) bond motifs is 1. The van der Waals surface area contributed by atoms with E-state index >= 15 is 0 Å². The minimum atomic E-state index is -1.78. The van der Waals surface area contributed by atoms with Gasteiger partial charge in [-0.2, -0.15) is 0 Å². The normalized spacial score (nSPS) is 16.7. The van der Waals surface area contributed by atoms with E-state index in [2.05, 4.69) is 15.8 Å². The average molecular weight is 652 g/mol. The largest absolute Gasteiger partial charge is 0.489 e. The predicted octanol–water partition coefficient (Wildman–Crippen LogP) is 4.80. The molecular formula is C37H37N3O8. The highest BCUT2D eigenvalue weighted by atomic mass is 16.7. The highest BCUT2D eigenvalue weighted by Crippen LogP contribution is 2.30. The molecule has 0 spiro atoms. The van der Waals surface area contributed by atoms with Gasteiger partial charge in [0.15, 0.2) is 5.78 Å². The van der Waals surface area contributed by atoms with E-state index in [9.17, 15) is 24.3 Å². The van der Waals surface area contributed by atoms with Crippen LogP contribution < -0.4 is 20.1 Å². The van der Waals surface area contributed by atoms with Crippen molar-refractivity contribution in [2.75, 3.05) is 13.2 Å². The van der Waals surface area contributed by atoms with Crippen LogP contribution in [0.4, 0.5) is 0 Å². The number of hydrogen-bond acceptors (Lipinski definition) is 8. The summed E-state index contributed by atoms with van der Waals surface area (Å²) < 4.78 is 11.5. The molecule has 48 heavy (non-hydrogen) atoms. The number of oxime groups is 1. The number of benzene rings is 4. The number of ketones is 1. The molecule has 11 heteroatoms. The fourth-order valence-corrected chi connectivity index (χ4v) is 5.41. The smallest absolute Gasteiger partial charge is 0.305 e. The minimum Gasteiger partial charge on any atom is -0.489 e. The van der Waals surface area contributed by atoms with Crippen LogP contribution in [-0.2, 0) is 19.2 Å². The number of hydrogen-bond donors (Lipinski definition) is 3. The van der Waals surface area contributed by atoms with E-state index in [1.165, 1.54) is 0 Å². The van der Waals surface area contributed by atoms with Crippen LogP contribution in [0, 0.1) is 5.92 Å². The van der Waals surface area contributed by atoms with E-state index < -0.39 is 48.4 Å². The Hall–Kier alpha value is -5.71. The van der Waals surface area contributed by atoms with Gasteiger partial charge in [0.1, 0.15) is 30.8 Å². The average Bonchev–Trinajstić information content (AvgIpc) is 3.54. The van der Waals surface area contributed by atoms with E-state index in [-0.39, 0.29) is 24.9 Å². The van der Waals surface area contributed by atoms with Crippen molar-refractivity contribution >= 4 is 40.1 Å². The summed E-state index contributed by atoms with van der Waals surface area (Å²) >= 11 is 0. The lowest BCUT2D eigenvalue weighted by atomic mass is 9.89. The molecule has 4 aromatic rings. The molecule has 3 atom stereocenters. The molecule has 2 amide bonds. The zero-order chi connectivity index (χ0) is 34.1. The van der Waals surface area contributed by atoms with Crippen molar-refractivity contribution in [1.29, 1.82) is 0 Å². The quantitative estimate of drug-likeness (QED) is 0.166. The molecular weight excluding hydrogens is 614 g/mol. The van der Waals surface area contributed by atoms with Gasteiger partial charge in [-0.3, -0.25) is 19.2 Å². The number of carbonyl (C=O) groups excluding carboxylic acids is 3. The van der Waals surface area contributed by atoms with Gasteiger partial charge < -0.3 is 30.1 Å². The van der Waals surface area contributed by atoms with Crippen molar-refractivity contribution in [3.05, 3.63) is 109 Å². The molecule has 248 valence electrons. The lowest BCUT2D eigenvalue weighted by Crippen LogP contribution is -2.57. The fraction of sp³-hybridized carbons (Fsp3) is 0.270. The first-order valence-corrected chi connectivity index (χ1v) is 15.6. The second-order valence-corrected chi connectivity index (χ2v) is 11.9. The molecule has 0 aliphatic carbocycles. The number of nitrogens with one attached hydrogen (secondary N) is 2. The van der Waals surface area contributed by atoms with Gasteiger partial charge in [-0.15, -0.1) is 0 Å². The third-order valence-electron chi connectivity index (χ3n) is 7.98. The number of ether oxygens (including phenoxy) is 2. The summed E-state index contributed by atoms with van der Waals surface area (Å²) in [5.74, 6) is -2.32.